The van der Waals surface area contributed by atoms with Crippen molar-refractivity contribution in [1.29, 1.82) is 0 Å². The van der Waals surface area contributed by atoms with Crippen molar-refractivity contribution >= 4 is 16.5 Å². The summed E-state index contributed by atoms with van der Waals surface area (Å²) >= 11 is 1.59. The lowest BCUT2D eigenvalue weighted by Gasteiger charge is -2.18. The zero-order chi connectivity index (χ0) is 13.7. The first-order chi connectivity index (χ1) is 9.21. The molecule has 0 fully saturated rings. The number of anilines is 1. The second-order valence-electron chi connectivity index (χ2n) is 4.32. The van der Waals surface area contributed by atoms with Gasteiger partial charge in [-0.1, -0.05) is 24.3 Å². The standard InChI is InChI=1S/C13H19N5S/c1-4-18(8-11-7-5-6-10(2)15-11)9-12-16-17-13(14-3)19-12/h5-7H,4,8-9H2,1-3H3,(H,14,17). The molecule has 0 aliphatic heterocycles. The summed E-state index contributed by atoms with van der Waals surface area (Å²) in [4.78, 5) is 6.84. The van der Waals surface area contributed by atoms with Crippen molar-refractivity contribution in [2.75, 3.05) is 18.9 Å². The van der Waals surface area contributed by atoms with E-state index in [0.29, 0.717) is 0 Å². The highest BCUT2D eigenvalue weighted by atomic mass is 32.1. The Hall–Kier alpha value is -1.53. The molecule has 1 N–H and O–H groups in total. The molecule has 5 nitrogen and oxygen atoms in total. The van der Waals surface area contributed by atoms with Crippen LogP contribution in [0.5, 0.6) is 0 Å². The first kappa shape index (κ1) is 13.9. The van der Waals surface area contributed by atoms with Crippen LogP contribution in [0.2, 0.25) is 0 Å². The van der Waals surface area contributed by atoms with Gasteiger partial charge in [-0.05, 0) is 25.6 Å². The third-order valence-corrected chi connectivity index (χ3v) is 3.74. The lowest BCUT2D eigenvalue weighted by molar-refractivity contribution is 0.267. The molecule has 0 radical (unpaired) electrons. The third-order valence-electron chi connectivity index (χ3n) is 2.82. The Kier molecular flexibility index (Phi) is 4.81. The molecule has 0 amide bonds. The van der Waals surface area contributed by atoms with Crippen LogP contribution in [-0.4, -0.2) is 33.7 Å². The van der Waals surface area contributed by atoms with Gasteiger partial charge in [-0.2, -0.15) is 0 Å². The van der Waals surface area contributed by atoms with Crippen LogP contribution in [0.1, 0.15) is 23.3 Å². The van der Waals surface area contributed by atoms with E-state index in [0.717, 1.165) is 41.2 Å². The molecule has 0 unspecified atom stereocenters. The SMILES string of the molecule is CCN(Cc1cccc(C)n1)Cc1nnc(NC)s1. The number of aryl methyl sites for hydroxylation is 1. The zero-order valence-electron chi connectivity index (χ0n) is 11.6. The van der Waals surface area contributed by atoms with Crippen molar-refractivity contribution in [2.24, 2.45) is 0 Å². The topological polar surface area (TPSA) is 53.9 Å². The van der Waals surface area contributed by atoms with Gasteiger partial charge in [0.1, 0.15) is 5.01 Å². The smallest absolute Gasteiger partial charge is 0.205 e. The monoisotopic (exact) mass is 277 g/mol. The summed E-state index contributed by atoms with van der Waals surface area (Å²) in [6.07, 6.45) is 0. The fraction of sp³-hybridized carbons (Fsp3) is 0.462. The normalized spacial score (nSPS) is 10.9. The molecule has 2 heterocycles. The Morgan fingerprint density at radius 1 is 1.26 bits per heavy atom. The highest BCUT2D eigenvalue weighted by Crippen LogP contribution is 2.17. The minimum atomic E-state index is 0.811. The second kappa shape index (κ2) is 6.58. The minimum Gasteiger partial charge on any atom is -0.363 e. The van der Waals surface area contributed by atoms with Gasteiger partial charge in [0, 0.05) is 19.3 Å². The largest absolute Gasteiger partial charge is 0.363 e. The fourth-order valence-electron chi connectivity index (χ4n) is 1.81. The molecule has 0 aliphatic carbocycles. The summed E-state index contributed by atoms with van der Waals surface area (Å²) in [7, 11) is 1.86. The number of pyridine rings is 1. The maximum atomic E-state index is 4.54. The molecule has 0 spiro atoms. The van der Waals surface area contributed by atoms with E-state index >= 15 is 0 Å². The fourth-order valence-corrected chi connectivity index (χ4v) is 2.54. The Morgan fingerprint density at radius 2 is 2.11 bits per heavy atom. The van der Waals surface area contributed by atoms with E-state index in [4.69, 9.17) is 0 Å². The number of aromatic nitrogens is 3. The van der Waals surface area contributed by atoms with Gasteiger partial charge in [0.2, 0.25) is 5.13 Å². The van der Waals surface area contributed by atoms with Gasteiger partial charge in [0.25, 0.3) is 0 Å². The Balaban J connectivity index is 2.00. The molecule has 0 aromatic carbocycles. The van der Waals surface area contributed by atoms with Gasteiger partial charge in [-0.15, -0.1) is 10.2 Å². The first-order valence-corrected chi connectivity index (χ1v) is 7.18. The average molecular weight is 277 g/mol. The van der Waals surface area contributed by atoms with E-state index < -0.39 is 0 Å². The summed E-state index contributed by atoms with van der Waals surface area (Å²) < 4.78 is 0. The maximum absolute atomic E-state index is 4.54. The van der Waals surface area contributed by atoms with Gasteiger partial charge < -0.3 is 5.32 Å². The summed E-state index contributed by atoms with van der Waals surface area (Å²) in [6.45, 7) is 6.78. The van der Waals surface area contributed by atoms with Crippen LogP contribution in [-0.2, 0) is 13.1 Å². The Labute approximate surface area is 117 Å². The lowest BCUT2D eigenvalue weighted by atomic mass is 10.3. The number of nitrogens with zero attached hydrogens (tertiary/aromatic N) is 4. The van der Waals surface area contributed by atoms with Gasteiger partial charge in [-0.3, -0.25) is 9.88 Å². The highest BCUT2D eigenvalue weighted by molar-refractivity contribution is 7.15. The Morgan fingerprint density at radius 3 is 2.74 bits per heavy atom. The number of nitrogens with one attached hydrogen (secondary N) is 1. The molecule has 0 aliphatic rings. The molecule has 2 rings (SSSR count). The van der Waals surface area contributed by atoms with Gasteiger partial charge in [0.15, 0.2) is 0 Å². The van der Waals surface area contributed by atoms with Crippen LogP contribution < -0.4 is 5.32 Å². The Bertz CT molecular complexity index is 525. The van der Waals surface area contributed by atoms with Crippen LogP contribution in [0, 0.1) is 6.92 Å². The number of rotatable bonds is 6. The minimum absolute atomic E-state index is 0.811. The number of hydrogen-bond acceptors (Lipinski definition) is 6. The van der Waals surface area contributed by atoms with Crippen LogP contribution in [0.3, 0.4) is 0 Å². The summed E-state index contributed by atoms with van der Waals surface area (Å²) in [5.41, 5.74) is 2.15. The van der Waals surface area contributed by atoms with Gasteiger partial charge in [-0.25, -0.2) is 0 Å². The van der Waals surface area contributed by atoms with Crippen molar-refractivity contribution in [3.05, 3.63) is 34.6 Å². The molecular weight excluding hydrogens is 258 g/mol. The molecule has 6 heteroatoms. The van der Waals surface area contributed by atoms with E-state index in [2.05, 4.69) is 44.5 Å². The van der Waals surface area contributed by atoms with Crippen molar-refractivity contribution in [1.82, 2.24) is 20.1 Å². The molecule has 0 saturated heterocycles. The average Bonchev–Trinajstić information content (AvgIpc) is 2.85. The molecule has 2 aromatic heterocycles. The van der Waals surface area contributed by atoms with Gasteiger partial charge in [0.05, 0.1) is 12.2 Å². The van der Waals surface area contributed by atoms with Gasteiger partial charge >= 0.3 is 0 Å². The first-order valence-electron chi connectivity index (χ1n) is 6.36. The molecule has 0 bridgehead atoms. The molecule has 19 heavy (non-hydrogen) atoms. The van der Waals surface area contributed by atoms with Crippen LogP contribution in [0.15, 0.2) is 18.2 Å². The maximum Gasteiger partial charge on any atom is 0.205 e. The van der Waals surface area contributed by atoms with E-state index in [1.807, 2.05) is 20.0 Å². The summed E-state index contributed by atoms with van der Waals surface area (Å²) in [5.74, 6) is 0. The summed E-state index contributed by atoms with van der Waals surface area (Å²) in [5, 5.41) is 13.1. The van der Waals surface area contributed by atoms with Crippen LogP contribution >= 0.6 is 11.3 Å². The van der Waals surface area contributed by atoms with Crippen molar-refractivity contribution in [3.63, 3.8) is 0 Å². The van der Waals surface area contributed by atoms with E-state index in [9.17, 15) is 0 Å². The highest BCUT2D eigenvalue weighted by Gasteiger charge is 2.09. The molecular formula is C13H19N5S. The zero-order valence-corrected chi connectivity index (χ0v) is 12.4. The van der Waals surface area contributed by atoms with E-state index in [-0.39, 0.29) is 0 Å². The van der Waals surface area contributed by atoms with E-state index in [1.54, 1.807) is 11.3 Å². The third kappa shape index (κ3) is 3.97. The lowest BCUT2D eigenvalue weighted by Crippen LogP contribution is -2.22. The van der Waals surface area contributed by atoms with Crippen molar-refractivity contribution < 1.29 is 0 Å². The van der Waals surface area contributed by atoms with Crippen molar-refractivity contribution in [2.45, 2.75) is 26.9 Å². The molecule has 2 aromatic rings. The van der Waals surface area contributed by atoms with E-state index in [1.165, 1.54) is 0 Å². The second-order valence-corrected chi connectivity index (χ2v) is 5.39. The molecule has 0 atom stereocenters. The quantitative estimate of drug-likeness (QED) is 0.878. The predicted octanol–water partition coefficient (Wildman–Crippen LogP) is 2.31. The van der Waals surface area contributed by atoms with Crippen LogP contribution in [0.4, 0.5) is 5.13 Å². The molecule has 0 saturated carbocycles. The molecule has 102 valence electrons. The summed E-state index contributed by atoms with van der Waals surface area (Å²) in [6, 6.07) is 6.13. The number of hydrogen-bond donors (Lipinski definition) is 1. The van der Waals surface area contributed by atoms with Crippen LogP contribution in [0.25, 0.3) is 0 Å². The predicted molar refractivity (Wildman–Crippen MR) is 78.2 cm³/mol. The van der Waals surface area contributed by atoms with Crippen molar-refractivity contribution in [3.8, 4) is 0 Å².